The van der Waals surface area contributed by atoms with Crippen LogP contribution >= 0.6 is 0 Å². The van der Waals surface area contributed by atoms with Crippen LogP contribution in [0.2, 0.25) is 0 Å². The quantitative estimate of drug-likeness (QED) is 0.893. The van der Waals surface area contributed by atoms with E-state index in [1.807, 2.05) is 0 Å². The summed E-state index contributed by atoms with van der Waals surface area (Å²) >= 11 is 0. The summed E-state index contributed by atoms with van der Waals surface area (Å²) in [4.78, 5) is 31.9. The van der Waals surface area contributed by atoms with Crippen molar-refractivity contribution in [3.63, 3.8) is 0 Å². The molecule has 0 aliphatic heterocycles. The first-order valence-electron chi connectivity index (χ1n) is 6.66. The van der Waals surface area contributed by atoms with E-state index >= 15 is 0 Å². The molecule has 1 aromatic heterocycles. The second-order valence-electron chi connectivity index (χ2n) is 5.02. The van der Waals surface area contributed by atoms with Gasteiger partial charge in [-0.1, -0.05) is 0 Å². The number of aromatic nitrogens is 2. The molecule has 0 unspecified atom stereocenters. The highest BCUT2D eigenvalue weighted by molar-refractivity contribution is 7.95. The highest BCUT2D eigenvalue weighted by atomic mass is 32.2. The molecule has 0 fully saturated rings. The summed E-state index contributed by atoms with van der Waals surface area (Å²) in [7, 11) is -4.02. The third-order valence-corrected chi connectivity index (χ3v) is 4.40. The Bertz CT molecular complexity index is 998. The molecule has 1 N–H and O–H groups in total. The number of Topliss-reactive ketones (excluding diaryl/α,β-unsaturated/α-hetero) is 2. The highest BCUT2D eigenvalue weighted by Gasteiger charge is 2.39. The van der Waals surface area contributed by atoms with Crippen LogP contribution in [0.1, 0.15) is 21.0 Å². The number of allylic oxidation sites excluding steroid dienone is 2. The molecular weight excluding hydrogens is 337 g/mol. The molecule has 0 atom stereocenters. The van der Waals surface area contributed by atoms with Gasteiger partial charge in [0.05, 0.1) is 0 Å². The molecule has 7 nitrogen and oxygen atoms in total. The fourth-order valence-corrected chi connectivity index (χ4v) is 3.21. The topological polar surface area (TPSA) is 106 Å². The molecule has 0 spiro atoms. The van der Waals surface area contributed by atoms with Crippen molar-refractivity contribution in [3.8, 4) is 0 Å². The zero-order chi connectivity index (χ0) is 17.5. The van der Waals surface area contributed by atoms with Crippen molar-refractivity contribution in [1.29, 1.82) is 0 Å². The van der Waals surface area contributed by atoms with Crippen molar-refractivity contribution >= 4 is 27.1 Å². The normalized spacial score (nSPS) is 14.6. The van der Waals surface area contributed by atoms with E-state index < -0.39 is 37.8 Å². The van der Waals surface area contributed by atoms with Gasteiger partial charge >= 0.3 is 0 Å². The van der Waals surface area contributed by atoms with E-state index in [1.165, 1.54) is 24.5 Å². The maximum absolute atomic E-state index is 13.0. The number of rotatable bonds is 3. The minimum absolute atomic E-state index is 0.237. The van der Waals surface area contributed by atoms with E-state index in [-0.39, 0.29) is 17.1 Å². The van der Waals surface area contributed by atoms with Crippen LogP contribution in [-0.2, 0) is 9.84 Å². The zero-order valence-corrected chi connectivity index (χ0v) is 13.1. The number of carbonyl (C=O) groups excluding carboxylic acids is 2. The average molecular weight is 347 g/mol. The largest absolute Gasteiger partial charge is 0.351 e. The molecule has 3 rings (SSSR count). The molecule has 122 valence electrons. The van der Waals surface area contributed by atoms with Gasteiger partial charge in [0.1, 0.15) is 27.8 Å². The standard InChI is InChI=1S/C15H10FN3O4S/c1-24(22,23)15-12(19-9-4-2-8(16)3-5-9)13(20)10-11(14(15)21)18-7-6-17-10/h2-7,19H,1H3. The van der Waals surface area contributed by atoms with Crippen molar-refractivity contribution in [1.82, 2.24) is 9.97 Å². The lowest BCUT2D eigenvalue weighted by Gasteiger charge is -2.19. The van der Waals surface area contributed by atoms with Crippen molar-refractivity contribution in [2.24, 2.45) is 0 Å². The first kappa shape index (κ1) is 15.9. The predicted octanol–water partition coefficient (Wildman–Crippen LogP) is 1.36. The van der Waals surface area contributed by atoms with E-state index in [1.54, 1.807) is 0 Å². The van der Waals surface area contributed by atoms with E-state index in [0.29, 0.717) is 0 Å². The van der Waals surface area contributed by atoms with Gasteiger partial charge < -0.3 is 5.32 Å². The van der Waals surface area contributed by atoms with Gasteiger partial charge in [-0.2, -0.15) is 0 Å². The summed E-state index contributed by atoms with van der Waals surface area (Å²) in [6.07, 6.45) is 3.24. The van der Waals surface area contributed by atoms with E-state index in [0.717, 1.165) is 18.4 Å². The zero-order valence-electron chi connectivity index (χ0n) is 12.3. The van der Waals surface area contributed by atoms with Crippen molar-refractivity contribution in [2.75, 3.05) is 11.6 Å². The summed E-state index contributed by atoms with van der Waals surface area (Å²) < 4.78 is 37.0. The number of nitrogens with one attached hydrogen (secondary N) is 1. The number of carbonyl (C=O) groups is 2. The number of halogens is 1. The molecule has 1 aromatic carbocycles. The third kappa shape index (κ3) is 2.69. The Morgan fingerprint density at radius 2 is 1.50 bits per heavy atom. The number of sulfone groups is 1. The van der Waals surface area contributed by atoms with Gasteiger partial charge in [0.15, 0.2) is 9.84 Å². The molecule has 1 aliphatic carbocycles. The Hall–Kier alpha value is -2.94. The number of anilines is 1. The highest BCUT2D eigenvalue weighted by Crippen LogP contribution is 2.28. The summed E-state index contributed by atoms with van der Waals surface area (Å²) in [5, 5.41) is 2.58. The summed E-state index contributed by atoms with van der Waals surface area (Å²) in [5.74, 6) is -2.19. The molecule has 1 aliphatic rings. The fraction of sp³-hybridized carbons (Fsp3) is 0.0667. The van der Waals surface area contributed by atoms with Gasteiger partial charge in [0, 0.05) is 24.3 Å². The SMILES string of the molecule is CS(=O)(=O)C1=C(Nc2ccc(F)cc2)C(=O)c2nccnc2C1=O. The Labute approximate surface area is 136 Å². The molecule has 0 bridgehead atoms. The van der Waals surface area contributed by atoms with E-state index in [4.69, 9.17) is 0 Å². The van der Waals surface area contributed by atoms with Gasteiger partial charge in [-0.3, -0.25) is 9.59 Å². The second kappa shape index (κ2) is 5.60. The van der Waals surface area contributed by atoms with Gasteiger partial charge in [-0.05, 0) is 24.3 Å². The number of hydrogen-bond donors (Lipinski definition) is 1. The van der Waals surface area contributed by atoms with Crippen LogP contribution < -0.4 is 5.32 Å². The minimum Gasteiger partial charge on any atom is -0.351 e. The summed E-state index contributed by atoms with van der Waals surface area (Å²) in [6.45, 7) is 0. The number of nitrogens with zero attached hydrogens (tertiary/aromatic N) is 2. The number of fused-ring (bicyclic) bond motifs is 1. The van der Waals surface area contributed by atoms with E-state index in [9.17, 15) is 22.4 Å². The smallest absolute Gasteiger partial charge is 0.231 e. The number of ketones is 2. The summed E-state index contributed by atoms with van der Waals surface area (Å²) in [5.41, 5.74) is -0.727. The molecule has 2 aromatic rings. The number of hydrogen-bond acceptors (Lipinski definition) is 7. The number of benzene rings is 1. The molecular formula is C15H10FN3O4S. The lowest BCUT2D eigenvalue weighted by Crippen LogP contribution is -2.31. The molecule has 0 radical (unpaired) electrons. The lowest BCUT2D eigenvalue weighted by atomic mass is 10.0. The van der Waals surface area contributed by atoms with Crippen molar-refractivity contribution in [2.45, 2.75) is 0 Å². The Kier molecular flexibility index (Phi) is 3.72. The Morgan fingerprint density at radius 3 is 2.04 bits per heavy atom. The monoisotopic (exact) mass is 347 g/mol. The maximum Gasteiger partial charge on any atom is 0.231 e. The van der Waals surface area contributed by atoms with E-state index in [2.05, 4.69) is 15.3 Å². The molecule has 0 amide bonds. The maximum atomic E-state index is 13.0. The summed E-state index contributed by atoms with van der Waals surface area (Å²) in [6, 6.07) is 4.89. The molecule has 0 saturated carbocycles. The van der Waals surface area contributed by atoms with Gasteiger partial charge in [0.25, 0.3) is 0 Å². The van der Waals surface area contributed by atoms with Crippen molar-refractivity contribution in [3.05, 3.63) is 64.5 Å². The van der Waals surface area contributed by atoms with Crippen LogP contribution in [0.15, 0.2) is 47.3 Å². The van der Waals surface area contributed by atoms with Gasteiger partial charge in [-0.25, -0.2) is 22.8 Å². The van der Waals surface area contributed by atoms with Crippen LogP contribution in [0.4, 0.5) is 10.1 Å². The van der Waals surface area contributed by atoms with Crippen LogP contribution in [0.5, 0.6) is 0 Å². The average Bonchev–Trinajstić information content (AvgIpc) is 2.53. The lowest BCUT2D eigenvalue weighted by molar-refractivity contribution is 0.0974. The first-order chi connectivity index (χ1) is 11.3. The molecule has 0 saturated heterocycles. The fourth-order valence-electron chi connectivity index (χ4n) is 2.26. The third-order valence-electron chi connectivity index (χ3n) is 3.27. The van der Waals surface area contributed by atoms with Crippen LogP contribution in [0.3, 0.4) is 0 Å². The first-order valence-corrected chi connectivity index (χ1v) is 8.55. The van der Waals surface area contributed by atoms with Crippen LogP contribution in [-0.4, -0.2) is 36.2 Å². The van der Waals surface area contributed by atoms with Gasteiger partial charge in [-0.15, -0.1) is 0 Å². The Balaban J connectivity index is 2.19. The predicted molar refractivity (Wildman–Crippen MR) is 82.6 cm³/mol. The molecule has 9 heteroatoms. The Morgan fingerprint density at radius 1 is 0.958 bits per heavy atom. The van der Waals surface area contributed by atoms with Crippen molar-refractivity contribution < 1.29 is 22.4 Å². The van der Waals surface area contributed by atoms with Crippen LogP contribution in [0, 0.1) is 5.82 Å². The van der Waals surface area contributed by atoms with Gasteiger partial charge in [0.2, 0.25) is 11.6 Å². The molecule has 24 heavy (non-hydrogen) atoms. The van der Waals surface area contributed by atoms with Crippen LogP contribution in [0.25, 0.3) is 0 Å². The molecule has 1 heterocycles. The second-order valence-corrected chi connectivity index (χ2v) is 6.97. The minimum atomic E-state index is -4.02.